The van der Waals surface area contributed by atoms with Crippen LogP contribution in [-0.4, -0.2) is 63.8 Å². The van der Waals surface area contributed by atoms with E-state index >= 15 is 0 Å². The third-order valence-electron chi connectivity index (χ3n) is 5.38. The number of halogens is 1. The summed E-state index contributed by atoms with van der Waals surface area (Å²) >= 11 is 0. The Kier molecular flexibility index (Phi) is 6.95. The molecule has 2 heterocycles. The summed E-state index contributed by atoms with van der Waals surface area (Å²) in [6.07, 6.45) is 6.35. The lowest BCUT2D eigenvalue weighted by Gasteiger charge is -2.39. The van der Waals surface area contributed by atoms with Crippen molar-refractivity contribution < 1.29 is 19.0 Å². The van der Waals surface area contributed by atoms with Gasteiger partial charge in [0.25, 0.3) is 0 Å². The standard InChI is InChI=1S/C19H29FN4O3/c1-2-9-27-17-4-3-13(18(26)24-7-5-15(25)6-8-24)10-16(17)23-19-21-11-14(20)12-22-19/h11-13,15-17,25H,2-10H2,1H3,(H,21,22,23)/t13-,16+,17+/m0/s1. The Bertz CT molecular complexity index is 607. The maximum Gasteiger partial charge on any atom is 0.225 e. The molecule has 1 saturated carbocycles. The molecule has 3 atom stereocenters. The Hall–Kier alpha value is -1.80. The fourth-order valence-electron chi connectivity index (χ4n) is 3.88. The molecule has 0 spiro atoms. The quantitative estimate of drug-likeness (QED) is 0.785. The number of aliphatic hydroxyl groups is 1. The summed E-state index contributed by atoms with van der Waals surface area (Å²) in [6.45, 7) is 3.96. The third kappa shape index (κ3) is 5.35. The highest BCUT2D eigenvalue weighted by molar-refractivity contribution is 5.79. The molecule has 7 nitrogen and oxygen atoms in total. The highest BCUT2D eigenvalue weighted by atomic mass is 19.1. The Balaban J connectivity index is 1.64. The predicted molar refractivity (Wildman–Crippen MR) is 98.6 cm³/mol. The number of ether oxygens (including phenoxy) is 1. The number of nitrogens with zero attached hydrogens (tertiary/aromatic N) is 3. The van der Waals surface area contributed by atoms with Crippen molar-refractivity contribution >= 4 is 11.9 Å². The lowest BCUT2D eigenvalue weighted by atomic mass is 9.82. The van der Waals surface area contributed by atoms with E-state index < -0.39 is 5.82 Å². The molecule has 0 unspecified atom stereocenters. The number of likely N-dealkylation sites (tertiary alicyclic amines) is 1. The highest BCUT2D eigenvalue weighted by Gasteiger charge is 2.37. The van der Waals surface area contributed by atoms with E-state index in [9.17, 15) is 14.3 Å². The van der Waals surface area contributed by atoms with Crippen molar-refractivity contribution in [1.29, 1.82) is 0 Å². The van der Waals surface area contributed by atoms with Crippen LogP contribution in [0.5, 0.6) is 0 Å². The van der Waals surface area contributed by atoms with Gasteiger partial charge in [-0.1, -0.05) is 6.92 Å². The number of aromatic nitrogens is 2. The van der Waals surface area contributed by atoms with Crippen molar-refractivity contribution in [1.82, 2.24) is 14.9 Å². The largest absolute Gasteiger partial charge is 0.393 e. The second-order valence-electron chi connectivity index (χ2n) is 7.45. The number of amides is 1. The Morgan fingerprint density at radius 1 is 1.30 bits per heavy atom. The van der Waals surface area contributed by atoms with Crippen LogP contribution in [0.4, 0.5) is 10.3 Å². The van der Waals surface area contributed by atoms with Crippen LogP contribution in [0.3, 0.4) is 0 Å². The van der Waals surface area contributed by atoms with Crippen molar-refractivity contribution in [2.75, 3.05) is 25.0 Å². The van der Waals surface area contributed by atoms with Gasteiger partial charge in [0.2, 0.25) is 11.9 Å². The van der Waals surface area contributed by atoms with Crippen LogP contribution < -0.4 is 5.32 Å². The van der Waals surface area contributed by atoms with Crippen LogP contribution in [0, 0.1) is 11.7 Å². The van der Waals surface area contributed by atoms with Crippen LogP contribution >= 0.6 is 0 Å². The predicted octanol–water partition coefficient (Wildman–Crippen LogP) is 1.97. The van der Waals surface area contributed by atoms with Gasteiger partial charge in [0.15, 0.2) is 5.82 Å². The maximum absolute atomic E-state index is 13.1. The molecule has 0 bridgehead atoms. The molecular formula is C19H29FN4O3. The number of aliphatic hydroxyl groups excluding tert-OH is 1. The lowest BCUT2D eigenvalue weighted by molar-refractivity contribution is -0.139. The maximum atomic E-state index is 13.1. The number of nitrogens with one attached hydrogen (secondary N) is 1. The summed E-state index contributed by atoms with van der Waals surface area (Å²) in [7, 11) is 0. The molecule has 1 aromatic rings. The van der Waals surface area contributed by atoms with Gasteiger partial charge in [0.05, 0.1) is 30.6 Å². The first-order valence-electron chi connectivity index (χ1n) is 9.89. The number of hydrogen-bond acceptors (Lipinski definition) is 6. The molecule has 1 saturated heterocycles. The van der Waals surface area contributed by atoms with Crippen molar-refractivity contribution in [3.05, 3.63) is 18.2 Å². The Morgan fingerprint density at radius 3 is 2.67 bits per heavy atom. The summed E-state index contributed by atoms with van der Waals surface area (Å²) in [6, 6.07) is -0.0971. The van der Waals surface area contributed by atoms with Crippen molar-refractivity contribution in [2.45, 2.75) is 63.7 Å². The minimum Gasteiger partial charge on any atom is -0.393 e. The number of piperidine rings is 1. The van der Waals surface area contributed by atoms with Crippen LogP contribution in [0.1, 0.15) is 45.4 Å². The molecule has 3 rings (SSSR count). The molecule has 150 valence electrons. The summed E-state index contributed by atoms with van der Waals surface area (Å²) in [5, 5.41) is 12.9. The van der Waals surface area contributed by atoms with Crippen molar-refractivity contribution in [2.24, 2.45) is 5.92 Å². The molecule has 1 aliphatic carbocycles. The van der Waals surface area contributed by atoms with Gasteiger partial charge in [0, 0.05) is 25.6 Å². The zero-order valence-corrected chi connectivity index (χ0v) is 15.8. The van der Waals surface area contributed by atoms with E-state index in [2.05, 4.69) is 22.2 Å². The number of anilines is 1. The van der Waals surface area contributed by atoms with Crippen molar-refractivity contribution in [3.8, 4) is 0 Å². The molecule has 2 aliphatic rings. The Morgan fingerprint density at radius 2 is 2.00 bits per heavy atom. The second-order valence-corrected chi connectivity index (χ2v) is 7.45. The van der Waals surface area contributed by atoms with Gasteiger partial charge in [-0.05, 0) is 38.5 Å². The topological polar surface area (TPSA) is 87.6 Å². The summed E-state index contributed by atoms with van der Waals surface area (Å²) < 4.78 is 19.0. The van der Waals surface area contributed by atoms with Crippen LogP contribution in [-0.2, 0) is 9.53 Å². The zero-order valence-electron chi connectivity index (χ0n) is 15.8. The fourth-order valence-corrected chi connectivity index (χ4v) is 3.88. The summed E-state index contributed by atoms with van der Waals surface area (Å²) in [5.41, 5.74) is 0. The first-order chi connectivity index (χ1) is 13.1. The molecule has 0 radical (unpaired) electrons. The Labute approximate surface area is 159 Å². The van der Waals surface area contributed by atoms with E-state index in [4.69, 9.17) is 4.74 Å². The van der Waals surface area contributed by atoms with Gasteiger partial charge in [-0.2, -0.15) is 0 Å². The molecule has 1 aliphatic heterocycles. The highest BCUT2D eigenvalue weighted by Crippen LogP contribution is 2.30. The first-order valence-corrected chi connectivity index (χ1v) is 9.89. The van der Waals surface area contributed by atoms with Crippen LogP contribution in [0.2, 0.25) is 0 Å². The smallest absolute Gasteiger partial charge is 0.225 e. The normalized spacial score (nSPS) is 26.8. The average molecular weight is 380 g/mol. The zero-order chi connectivity index (χ0) is 19.2. The minimum atomic E-state index is -0.483. The number of hydrogen-bond donors (Lipinski definition) is 2. The van der Waals surface area contributed by atoms with Gasteiger partial charge in [-0.15, -0.1) is 0 Å². The molecule has 1 amide bonds. The molecule has 2 N–H and O–H groups in total. The molecule has 1 aromatic heterocycles. The molecular weight excluding hydrogens is 351 g/mol. The average Bonchev–Trinajstić information content (AvgIpc) is 2.69. The lowest BCUT2D eigenvalue weighted by Crippen LogP contribution is -2.48. The number of rotatable bonds is 6. The summed E-state index contributed by atoms with van der Waals surface area (Å²) in [4.78, 5) is 22.7. The first kappa shape index (κ1) is 19.9. The molecule has 8 heteroatoms. The molecule has 0 aromatic carbocycles. The minimum absolute atomic E-state index is 0.0224. The van der Waals surface area contributed by atoms with E-state index in [0.29, 0.717) is 44.9 Å². The van der Waals surface area contributed by atoms with Crippen LogP contribution in [0.15, 0.2) is 12.4 Å². The summed E-state index contributed by atoms with van der Waals surface area (Å²) in [5.74, 6) is -0.0636. The van der Waals surface area contributed by atoms with E-state index in [1.165, 1.54) is 0 Å². The van der Waals surface area contributed by atoms with Gasteiger partial charge in [-0.25, -0.2) is 14.4 Å². The third-order valence-corrected chi connectivity index (χ3v) is 5.38. The molecule has 27 heavy (non-hydrogen) atoms. The second kappa shape index (κ2) is 9.41. The van der Waals surface area contributed by atoms with E-state index in [-0.39, 0.29) is 30.1 Å². The van der Waals surface area contributed by atoms with Gasteiger partial charge >= 0.3 is 0 Å². The SMILES string of the molecule is CCCO[C@@H]1CC[C@H](C(=O)N2CCC(O)CC2)C[C@H]1Nc1ncc(F)cn1. The van der Waals surface area contributed by atoms with Gasteiger partial charge < -0.3 is 20.1 Å². The van der Waals surface area contributed by atoms with Crippen LogP contribution in [0.25, 0.3) is 0 Å². The van der Waals surface area contributed by atoms with E-state index in [1.54, 1.807) is 0 Å². The van der Waals surface area contributed by atoms with E-state index in [0.717, 1.165) is 31.7 Å². The van der Waals surface area contributed by atoms with E-state index in [1.807, 2.05) is 4.90 Å². The number of carbonyl (C=O) groups is 1. The fraction of sp³-hybridized carbons (Fsp3) is 0.737. The number of carbonyl (C=O) groups excluding carboxylic acids is 1. The van der Waals surface area contributed by atoms with Gasteiger partial charge in [0.1, 0.15) is 0 Å². The molecule has 2 fully saturated rings. The van der Waals surface area contributed by atoms with Gasteiger partial charge in [-0.3, -0.25) is 4.79 Å². The monoisotopic (exact) mass is 380 g/mol. The van der Waals surface area contributed by atoms with Crippen molar-refractivity contribution in [3.63, 3.8) is 0 Å².